The molecule has 0 unspecified atom stereocenters. The summed E-state index contributed by atoms with van der Waals surface area (Å²) in [7, 11) is 4.47. The molecule has 0 fully saturated rings. The summed E-state index contributed by atoms with van der Waals surface area (Å²) in [6.07, 6.45) is 0. The second-order valence-electron chi connectivity index (χ2n) is 6.03. The second-order valence-corrected chi connectivity index (χ2v) is 9.74. The molecule has 0 amide bonds. The van der Waals surface area contributed by atoms with Crippen LogP contribution in [0.2, 0.25) is 4.34 Å². The minimum atomic E-state index is -3.54. The highest BCUT2D eigenvalue weighted by Crippen LogP contribution is 2.25. The minimum Gasteiger partial charge on any atom is -0.378 e. The molecule has 1 heterocycles. The van der Waals surface area contributed by atoms with Crippen molar-refractivity contribution in [3.05, 3.63) is 46.3 Å². The average molecular weight is 389 g/mol. The summed E-state index contributed by atoms with van der Waals surface area (Å²) < 4.78 is 28.1. The Morgan fingerprint density at radius 1 is 1.17 bits per heavy atom. The molecule has 2 rings (SSSR count). The fourth-order valence-corrected chi connectivity index (χ4v) is 4.94. The Labute approximate surface area is 152 Å². The van der Waals surface area contributed by atoms with E-state index in [0.29, 0.717) is 10.9 Å². The molecule has 0 saturated heterocycles. The number of hydrogen-bond donors (Lipinski definition) is 2. The number of thiophene rings is 1. The molecule has 0 bridgehead atoms. The van der Waals surface area contributed by atoms with Crippen LogP contribution in [0.4, 0.5) is 5.69 Å². The predicted molar refractivity (Wildman–Crippen MR) is 101 cm³/mol. The lowest BCUT2D eigenvalue weighted by Gasteiger charge is -2.23. The average Bonchev–Trinajstić information content (AvgIpc) is 2.95. The fraction of sp³-hybridized carbons (Fsp3) is 0.375. The highest BCUT2D eigenvalue weighted by molar-refractivity contribution is 7.91. The maximum Gasteiger partial charge on any atom is 0.250 e. The van der Waals surface area contributed by atoms with Crippen LogP contribution in [-0.2, 0) is 10.0 Å². The van der Waals surface area contributed by atoms with Gasteiger partial charge in [-0.1, -0.05) is 23.7 Å². The smallest absolute Gasteiger partial charge is 0.250 e. The quantitative estimate of drug-likeness (QED) is 0.758. The van der Waals surface area contributed by atoms with Crippen molar-refractivity contribution < 1.29 is 13.3 Å². The van der Waals surface area contributed by atoms with Crippen LogP contribution in [0.25, 0.3) is 0 Å². The van der Waals surface area contributed by atoms with Gasteiger partial charge in [-0.05, 0) is 24.3 Å². The van der Waals surface area contributed by atoms with Crippen LogP contribution in [0, 0.1) is 0 Å². The summed E-state index contributed by atoms with van der Waals surface area (Å²) >= 11 is 6.89. The van der Waals surface area contributed by atoms with Crippen molar-refractivity contribution in [2.75, 3.05) is 39.6 Å². The third-order valence-electron chi connectivity index (χ3n) is 3.80. The zero-order valence-electron chi connectivity index (χ0n) is 14.2. The number of hydrogen-bond acceptors (Lipinski definition) is 4. The van der Waals surface area contributed by atoms with Gasteiger partial charge >= 0.3 is 0 Å². The van der Waals surface area contributed by atoms with E-state index in [0.717, 1.165) is 27.5 Å². The Bertz CT molecular complexity index is 771. The normalized spacial score (nSPS) is 13.2. The number of sulfonamides is 1. The Morgan fingerprint density at radius 2 is 1.79 bits per heavy atom. The Kier molecular flexibility index (Phi) is 6.28. The number of nitrogens with zero attached hydrogens (tertiary/aromatic N) is 1. The predicted octanol–water partition coefficient (Wildman–Crippen LogP) is 1.63. The van der Waals surface area contributed by atoms with E-state index in [9.17, 15) is 8.42 Å². The standard InChI is InChI=1S/C16H22ClN3O2S2/c1-19(2)13-7-5-12(6-8-13)14(20(3)4)11-18-24(21,22)16-10-9-15(17)23-16/h5-10,14,18H,11H2,1-4H3/p+1/t14-/m1/s1. The minimum absolute atomic E-state index is 0.0198. The number of anilines is 1. The maximum absolute atomic E-state index is 12.4. The van der Waals surface area contributed by atoms with Gasteiger partial charge in [0.15, 0.2) is 0 Å². The largest absolute Gasteiger partial charge is 0.378 e. The van der Waals surface area contributed by atoms with Crippen LogP contribution in [-0.4, -0.2) is 43.2 Å². The number of rotatable bonds is 7. The summed E-state index contributed by atoms with van der Waals surface area (Å²) in [5, 5.41) is 0. The van der Waals surface area contributed by atoms with E-state index in [1.165, 1.54) is 6.07 Å². The molecule has 0 aliphatic heterocycles. The Hall–Kier alpha value is -1.12. The third kappa shape index (κ3) is 4.70. The topological polar surface area (TPSA) is 53.9 Å². The van der Waals surface area contributed by atoms with Crippen LogP contribution in [0.3, 0.4) is 0 Å². The second kappa shape index (κ2) is 7.84. The summed E-state index contributed by atoms with van der Waals surface area (Å²) in [6, 6.07) is 11.3. The van der Waals surface area contributed by atoms with E-state index < -0.39 is 10.0 Å². The fourth-order valence-electron chi connectivity index (χ4n) is 2.37. The highest BCUT2D eigenvalue weighted by Gasteiger charge is 2.23. The lowest BCUT2D eigenvalue weighted by molar-refractivity contribution is -0.890. The van der Waals surface area contributed by atoms with E-state index in [4.69, 9.17) is 11.6 Å². The zero-order chi connectivity index (χ0) is 17.9. The molecule has 24 heavy (non-hydrogen) atoms. The first-order chi connectivity index (χ1) is 11.2. The van der Waals surface area contributed by atoms with Gasteiger partial charge in [-0.15, -0.1) is 11.3 Å². The molecule has 0 saturated carbocycles. The summed E-state index contributed by atoms with van der Waals surface area (Å²) in [5.41, 5.74) is 2.20. The molecule has 2 N–H and O–H groups in total. The van der Waals surface area contributed by atoms with Crippen molar-refractivity contribution in [1.82, 2.24) is 4.72 Å². The maximum atomic E-state index is 12.4. The molecule has 1 atom stereocenters. The number of likely N-dealkylation sites (N-methyl/N-ethyl adjacent to an activating group) is 1. The van der Waals surface area contributed by atoms with Gasteiger partial charge in [-0.2, -0.15) is 0 Å². The van der Waals surface area contributed by atoms with Crippen LogP contribution < -0.4 is 14.5 Å². The van der Waals surface area contributed by atoms with Gasteiger partial charge in [0, 0.05) is 25.3 Å². The Morgan fingerprint density at radius 3 is 2.25 bits per heavy atom. The Balaban J connectivity index is 2.14. The highest BCUT2D eigenvalue weighted by atomic mass is 35.5. The van der Waals surface area contributed by atoms with Crippen molar-refractivity contribution in [3.63, 3.8) is 0 Å². The van der Waals surface area contributed by atoms with Crippen molar-refractivity contribution >= 4 is 38.6 Å². The van der Waals surface area contributed by atoms with Gasteiger partial charge in [-0.25, -0.2) is 13.1 Å². The molecule has 0 aliphatic rings. The number of quaternary nitrogens is 1. The molecule has 132 valence electrons. The zero-order valence-corrected chi connectivity index (χ0v) is 16.6. The van der Waals surface area contributed by atoms with E-state index in [1.807, 2.05) is 57.4 Å². The van der Waals surface area contributed by atoms with Gasteiger partial charge in [0.05, 0.1) is 25.0 Å². The summed E-state index contributed by atoms with van der Waals surface area (Å²) in [5.74, 6) is 0. The molecule has 8 heteroatoms. The van der Waals surface area contributed by atoms with E-state index in [2.05, 4.69) is 4.72 Å². The van der Waals surface area contributed by atoms with Crippen molar-refractivity contribution in [2.24, 2.45) is 0 Å². The van der Waals surface area contributed by atoms with Crippen LogP contribution in [0.15, 0.2) is 40.6 Å². The van der Waals surface area contributed by atoms with Crippen LogP contribution in [0.1, 0.15) is 11.6 Å². The van der Waals surface area contributed by atoms with E-state index >= 15 is 0 Å². The number of nitrogens with one attached hydrogen (secondary N) is 2. The van der Waals surface area contributed by atoms with E-state index in [-0.39, 0.29) is 10.3 Å². The lowest BCUT2D eigenvalue weighted by Crippen LogP contribution is -3.07. The van der Waals surface area contributed by atoms with Crippen LogP contribution in [0.5, 0.6) is 0 Å². The van der Waals surface area contributed by atoms with Gasteiger partial charge in [-0.3, -0.25) is 0 Å². The van der Waals surface area contributed by atoms with Crippen molar-refractivity contribution in [3.8, 4) is 0 Å². The van der Waals surface area contributed by atoms with E-state index in [1.54, 1.807) is 6.07 Å². The van der Waals surface area contributed by atoms with Gasteiger partial charge < -0.3 is 9.80 Å². The molecule has 5 nitrogen and oxygen atoms in total. The van der Waals surface area contributed by atoms with Crippen molar-refractivity contribution in [2.45, 2.75) is 10.3 Å². The number of halogens is 1. The molecular formula is C16H23ClN3O2S2+. The van der Waals surface area contributed by atoms with Gasteiger partial charge in [0.1, 0.15) is 10.3 Å². The first kappa shape index (κ1) is 19.2. The summed E-state index contributed by atoms with van der Waals surface area (Å²) in [4.78, 5) is 3.18. The molecular weight excluding hydrogens is 366 g/mol. The lowest BCUT2D eigenvalue weighted by atomic mass is 10.1. The molecule has 2 aromatic rings. The summed E-state index contributed by atoms with van der Waals surface area (Å²) in [6.45, 7) is 0.321. The number of benzene rings is 1. The molecule has 1 aromatic carbocycles. The van der Waals surface area contributed by atoms with Gasteiger partial charge in [0.2, 0.25) is 10.0 Å². The SMILES string of the molecule is CN(C)c1ccc([C@@H](CNS(=O)(=O)c2ccc(Cl)s2)[NH+](C)C)cc1. The van der Waals surface area contributed by atoms with Crippen molar-refractivity contribution in [1.29, 1.82) is 0 Å². The molecule has 0 radical (unpaired) electrons. The molecule has 0 spiro atoms. The molecule has 0 aliphatic carbocycles. The molecule has 1 aromatic heterocycles. The first-order valence-electron chi connectivity index (χ1n) is 7.53. The van der Waals surface area contributed by atoms with Gasteiger partial charge in [0.25, 0.3) is 0 Å². The monoisotopic (exact) mass is 388 g/mol. The van der Waals surface area contributed by atoms with Crippen LogP contribution >= 0.6 is 22.9 Å². The third-order valence-corrected chi connectivity index (χ3v) is 6.95. The first-order valence-corrected chi connectivity index (χ1v) is 10.2.